The molecule has 1 aromatic carbocycles. The van der Waals surface area contributed by atoms with E-state index in [1.807, 2.05) is 6.07 Å². The molecule has 0 amide bonds. The minimum absolute atomic E-state index is 0.0792. The highest BCUT2D eigenvalue weighted by molar-refractivity contribution is 7.89. The highest BCUT2D eigenvalue weighted by atomic mass is 35.5. The summed E-state index contributed by atoms with van der Waals surface area (Å²) in [5.74, 6) is 0. The standard InChI is InChI=1S/C15H20ClN3O3S/c1-22-8-7-19-6-2-3-13(11-19)18-23(20,21)14-5-4-12(10-17)15(16)9-14/h4-5,9,13,18H,2-3,6-8,11H2,1H3. The molecule has 0 radical (unpaired) electrons. The van der Waals surface area contributed by atoms with Crippen LogP contribution in [0, 0.1) is 11.3 Å². The van der Waals surface area contributed by atoms with E-state index in [0.29, 0.717) is 13.2 Å². The molecule has 1 N–H and O–H groups in total. The van der Waals surface area contributed by atoms with Gasteiger partial charge in [-0.2, -0.15) is 5.26 Å². The largest absolute Gasteiger partial charge is 0.383 e. The number of rotatable bonds is 6. The Bertz CT molecular complexity index is 688. The van der Waals surface area contributed by atoms with E-state index >= 15 is 0 Å². The van der Waals surface area contributed by atoms with Crippen LogP contribution in [0.25, 0.3) is 0 Å². The predicted molar refractivity (Wildman–Crippen MR) is 87.8 cm³/mol. The van der Waals surface area contributed by atoms with Crippen molar-refractivity contribution in [1.82, 2.24) is 9.62 Å². The van der Waals surface area contributed by atoms with Crippen LogP contribution in [0.2, 0.25) is 5.02 Å². The quantitative estimate of drug-likeness (QED) is 0.836. The van der Waals surface area contributed by atoms with Gasteiger partial charge in [-0.25, -0.2) is 13.1 Å². The first-order valence-electron chi connectivity index (χ1n) is 7.39. The molecule has 8 heteroatoms. The number of likely N-dealkylation sites (tertiary alicyclic amines) is 1. The number of methoxy groups -OCH3 is 1. The molecule has 1 aromatic rings. The maximum atomic E-state index is 12.5. The van der Waals surface area contributed by atoms with Crippen LogP contribution in [0.3, 0.4) is 0 Å². The first kappa shape index (κ1) is 18.2. The second kappa shape index (κ2) is 8.08. The molecule has 1 aliphatic rings. The monoisotopic (exact) mass is 357 g/mol. The lowest BCUT2D eigenvalue weighted by molar-refractivity contribution is 0.126. The molecule has 1 heterocycles. The van der Waals surface area contributed by atoms with Crippen molar-refractivity contribution in [2.45, 2.75) is 23.8 Å². The molecule has 23 heavy (non-hydrogen) atoms. The summed E-state index contributed by atoms with van der Waals surface area (Å²) >= 11 is 5.92. The molecule has 6 nitrogen and oxygen atoms in total. The second-order valence-corrected chi connectivity index (χ2v) is 7.63. The number of nitriles is 1. The van der Waals surface area contributed by atoms with E-state index in [0.717, 1.165) is 25.9 Å². The average Bonchev–Trinajstić information content (AvgIpc) is 2.52. The minimum atomic E-state index is -3.65. The molecular formula is C15H20ClN3O3S. The van der Waals surface area contributed by atoms with Crippen LogP contribution in [0.4, 0.5) is 0 Å². The van der Waals surface area contributed by atoms with E-state index in [-0.39, 0.29) is 21.5 Å². The molecule has 0 bridgehead atoms. The summed E-state index contributed by atoms with van der Waals surface area (Å²) < 4.78 is 32.7. The van der Waals surface area contributed by atoms with Crippen LogP contribution in [0.5, 0.6) is 0 Å². The third-order valence-electron chi connectivity index (χ3n) is 3.81. The van der Waals surface area contributed by atoms with Crippen molar-refractivity contribution in [2.75, 3.05) is 33.4 Å². The first-order chi connectivity index (χ1) is 11.0. The maximum Gasteiger partial charge on any atom is 0.240 e. The van der Waals surface area contributed by atoms with Crippen LogP contribution in [0.15, 0.2) is 23.1 Å². The smallest absolute Gasteiger partial charge is 0.240 e. The normalized spacial score (nSPS) is 19.4. The molecule has 1 fully saturated rings. The molecular weight excluding hydrogens is 338 g/mol. The topological polar surface area (TPSA) is 82.4 Å². The summed E-state index contributed by atoms with van der Waals surface area (Å²) in [5, 5.41) is 9.00. The Morgan fingerprint density at radius 2 is 2.30 bits per heavy atom. The molecule has 2 rings (SSSR count). The summed E-state index contributed by atoms with van der Waals surface area (Å²) in [6.07, 6.45) is 1.73. The fourth-order valence-electron chi connectivity index (χ4n) is 2.62. The Kier molecular flexibility index (Phi) is 6.39. The second-order valence-electron chi connectivity index (χ2n) is 5.51. The predicted octanol–water partition coefficient (Wildman–Crippen LogP) is 1.60. The molecule has 0 saturated carbocycles. The summed E-state index contributed by atoms with van der Waals surface area (Å²) in [5.41, 5.74) is 0.258. The zero-order chi connectivity index (χ0) is 16.9. The molecule has 0 spiro atoms. The van der Waals surface area contributed by atoms with Crippen LogP contribution >= 0.6 is 11.6 Å². The van der Waals surface area contributed by atoms with Crippen LogP contribution in [0.1, 0.15) is 18.4 Å². The van der Waals surface area contributed by atoms with Crippen LogP contribution < -0.4 is 4.72 Å². The van der Waals surface area contributed by atoms with Crippen molar-refractivity contribution in [3.8, 4) is 6.07 Å². The molecule has 1 aliphatic heterocycles. The van der Waals surface area contributed by atoms with E-state index in [2.05, 4.69) is 9.62 Å². The van der Waals surface area contributed by atoms with E-state index in [9.17, 15) is 8.42 Å². The fraction of sp³-hybridized carbons (Fsp3) is 0.533. The lowest BCUT2D eigenvalue weighted by Gasteiger charge is -2.32. The number of piperidine rings is 1. The first-order valence-corrected chi connectivity index (χ1v) is 9.25. The van der Waals surface area contributed by atoms with E-state index in [1.54, 1.807) is 7.11 Å². The Morgan fingerprint density at radius 1 is 1.52 bits per heavy atom. The zero-order valence-electron chi connectivity index (χ0n) is 13.0. The van der Waals surface area contributed by atoms with Gasteiger partial charge in [-0.1, -0.05) is 11.6 Å². The van der Waals surface area contributed by atoms with Gasteiger partial charge in [-0.15, -0.1) is 0 Å². The minimum Gasteiger partial charge on any atom is -0.383 e. The number of benzene rings is 1. The lowest BCUT2D eigenvalue weighted by Crippen LogP contribution is -2.48. The summed E-state index contributed by atoms with van der Waals surface area (Å²) in [6.45, 7) is 3.03. The molecule has 1 atom stereocenters. The highest BCUT2D eigenvalue weighted by Crippen LogP contribution is 2.21. The highest BCUT2D eigenvalue weighted by Gasteiger charge is 2.25. The van der Waals surface area contributed by atoms with Crippen LogP contribution in [-0.2, 0) is 14.8 Å². The van der Waals surface area contributed by atoms with Gasteiger partial charge in [0.15, 0.2) is 0 Å². The number of nitrogens with one attached hydrogen (secondary N) is 1. The van der Waals surface area contributed by atoms with E-state index in [1.165, 1.54) is 18.2 Å². The van der Waals surface area contributed by atoms with Gasteiger partial charge >= 0.3 is 0 Å². The van der Waals surface area contributed by atoms with Crippen molar-refractivity contribution >= 4 is 21.6 Å². The Labute approximate surface area is 142 Å². The van der Waals surface area contributed by atoms with Gasteiger partial charge in [0.25, 0.3) is 0 Å². The van der Waals surface area contributed by atoms with Gasteiger partial charge in [0.1, 0.15) is 6.07 Å². The van der Waals surface area contributed by atoms with Crippen molar-refractivity contribution in [1.29, 1.82) is 5.26 Å². The van der Waals surface area contributed by atoms with Crippen molar-refractivity contribution in [3.63, 3.8) is 0 Å². The third kappa shape index (κ3) is 4.90. The molecule has 126 valence electrons. The number of hydrogen-bond acceptors (Lipinski definition) is 5. The van der Waals surface area contributed by atoms with Gasteiger partial charge in [0, 0.05) is 26.2 Å². The molecule has 0 aromatic heterocycles. The number of halogens is 1. The number of hydrogen-bond donors (Lipinski definition) is 1. The zero-order valence-corrected chi connectivity index (χ0v) is 14.5. The molecule has 1 unspecified atom stereocenters. The van der Waals surface area contributed by atoms with Crippen molar-refractivity contribution in [2.24, 2.45) is 0 Å². The number of sulfonamides is 1. The Balaban J connectivity index is 2.06. The number of nitrogens with zero attached hydrogens (tertiary/aromatic N) is 2. The molecule has 0 aliphatic carbocycles. The summed E-state index contributed by atoms with van der Waals surface area (Å²) in [7, 11) is -2.00. The maximum absolute atomic E-state index is 12.5. The Hall–Kier alpha value is -1.17. The average molecular weight is 358 g/mol. The lowest BCUT2D eigenvalue weighted by atomic mass is 10.1. The number of ether oxygens (including phenoxy) is 1. The summed E-state index contributed by atoms with van der Waals surface area (Å²) in [4.78, 5) is 2.27. The summed E-state index contributed by atoms with van der Waals surface area (Å²) in [6, 6.07) is 5.91. The van der Waals surface area contributed by atoms with Crippen molar-refractivity contribution in [3.05, 3.63) is 28.8 Å². The van der Waals surface area contributed by atoms with Crippen molar-refractivity contribution < 1.29 is 13.2 Å². The van der Waals surface area contributed by atoms with Crippen LogP contribution in [-0.4, -0.2) is 52.7 Å². The van der Waals surface area contributed by atoms with E-state index in [4.69, 9.17) is 21.6 Å². The SMILES string of the molecule is COCCN1CCCC(NS(=O)(=O)c2ccc(C#N)c(Cl)c2)C1. The van der Waals surface area contributed by atoms with E-state index < -0.39 is 10.0 Å². The Morgan fingerprint density at radius 3 is 2.96 bits per heavy atom. The third-order valence-corrected chi connectivity index (χ3v) is 5.64. The van der Waals surface area contributed by atoms with Gasteiger partial charge in [0.05, 0.1) is 22.1 Å². The fourth-order valence-corrected chi connectivity index (χ4v) is 4.19. The van der Waals surface area contributed by atoms with Gasteiger partial charge in [-0.3, -0.25) is 4.90 Å². The van der Waals surface area contributed by atoms with Gasteiger partial charge in [-0.05, 0) is 37.6 Å². The van der Waals surface area contributed by atoms with Gasteiger partial charge in [0.2, 0.25) is 10.0 Å². The molecule has 1 saturated heterocycles. The van der Waals surface area contributed by atoms with Gasteiger partial charge < -0.3 is 4.74 Å².